The Labute approximate surface area is 114 Å². The zero-order valence-electron chi connectivity index (χ0n) is 11.1. The second-order valence-electron chi connectivity index (χ2n) is 5.61. The highest BCUT2D eigenvalue weighted by atomic mass is 35.5. The largest absolute Gasteiger partial charge is 0.300 e. The fraction of sp³-hybridized carbons (Fsp3) is 0.714. The van der Waals surface area contributed by atoms with Crippen LogP contribution in [0.3, 0.4) is 0 Å². The summed E-state index contributed by atoms with van der Waals surface area (Å²) in [6.45, 7) is 2.11. The summed E-state index contributed by atoms with van der Waals surface area (Å²) in [6, 6.07) is 3.33. The molecule has 1 aromatic heterocycles. The summed E-state index contributed by atoms with van der Waals surface area (Å²) in [6.07, 6.45) is 5.97. The Bertz CT molecular complexity index is 435. The summed E-state index contributed by atoms with van der Waals surface area (Å²) >= 11 is 6.10. The number of aromatic nitrogens is 2. The van der Waals surface area contributed by atoms with Gasteiger partial charge in [-0.15, -0.1) is 0 Å². The Morgan fingerprint density at radius 2 is 1.94 bits per heavy atom. The average Bonchev–Trinajstić information content (AvgIpc) is 2.60. The van der Waals surface area contributed by atoms with E-state index in [-0.39, 0.29) is 0 Å². The van der Waals surface area contributed by atoms with Crippen molar-refractivity contribution >= 4 is 11.6 Å². The van der Waals surface area contributed by atoms with Gasteiger partial charge in [-0.1, -0.05) is 18.5 Å². The predicted molar refractivity (Wildman–Crippen MR) is 73.0 cm³/mol. The molecule has 0 saturated carbocycles. The van der Waals surface area contributed by atoms with Crippen molar-refractivity contribution in [3.8, 4) is 0 Å². The molecule has 0 N–H and O–H groups in total. The average molecular weight is 266 g/mol. The fourth-order valence-corrected chi connectivity index (χ4v) is 3.68. The summed E-state index contributed by atoms with van der Waals surface area (Å²) in [5.41, 5.74) is 1.07. The maximum absolute atomic E-state index is 6.10. The minimum atomic E-state index is 0.502. The van der Waals surface area contributed by atoms with Gasteiger partial charge in [0, 0.05) is 23.7 Å². The van der Waals surface area contributed by atoms with E-state index in [2.05, 4.69) is 28.8 Å². The summed E-state index contributed by atoms with van der Waals surface area (Å²) in [4.78, 5) is 11.7. The molecule has 2 atom stereocenters. The lowest BCUT2D eigenvalue weighted by Gasteiger charge is -2.35. The summed E-state index contributed by atoms with van der Waals surface area (Å²) < 4.78 is 0. The van der Waals surface area contributed by atoms with Crippen molar-refractivity contribution in [1.82, 2.24) is 14.9 Å². The molecule has 2 aliphatic heterocycles. The zero-order valence-corrected chi connectivity index (χ0v) is 11.8. The highest BCUT2D eigenvalue weighted by molar-refractivity contribution is 6.29. The highest BCUT2D eigenvalue weighted by Crippen LogP contribution is 2.41. The van der Waals surface area contributed by atoms with E-state index < -0.39 is 0 Å². The predicted octanol–water partition coefficient (Wildman–Crippen LogP) is 3.03. The molecule has 4 heteroatoms. The number of rotatable bonds is 2. The van der Waals surface area contributed by atoms with Gasteiger partial charge < -0.3 is 4.90 Å². The molecule has 3 rings (SSSR count). The standard InChI is InChI=1S/C14H20ClN3/c1-3-10-8-13(15)17-14(16-10)9-6-11-4-5-12(7-9)18(11)2/h8-9,11-12H,3-7H2,1-2H3. The molecule has 2 bridgehead atoms. The Kier molecular flexibility index (Phi) is 3.29. The van der Waals surface area contributed by atoms with Crippen LogP contribution in [-0.2, 0) is 6.42 Å². The summed E-state index contributed by atoms with van der Waals surface area (Å²) in [5.74, 6) is 1.48. The number of hydrogen-bond donors (Lipinski definition) is 0. The third-order valence-electron chi connectivity index (χ3n) is 4.59. The quantitative estimate of drug-likeness (QED) is 0.770. The number of halogens is 1. The van der Waals surface area contributed by atoms with E-state index in [1.165, 1.54) is 25.7 Å². The van der Waals surface area contributed by atoms with Crippen LogP contribution in [0.25, 0.3) is 0 Å². The third kappa shape index (κ3) is 2.14. The first-order valence-corrected chi connectivity index (χ1v) is 7.30. The Morgan fingerprint density at radius 1 is 1.28 bits per heavy atom. The van der Waals surface area contributed by atoms with E-state index in [9.17, 15) is 0 Å². The molecule has 0 spiro atoms. The molecule has 3 heterocycles. The SMILES string of the molecule is CCc1cc(Cl)nc(C2CC3CCC(C2)N3C)n1. The number of fused-ring (bicyclic) bond motifs is 2. The zero-order chi connectivity index (χ0) is 12.7. The van der Waals surface area contributed by atoms with Crippen molar-refractivity contribution in [3.63, 3.8) is 0 Å². The van der Waals surface area contributed by atoms with Crippen LogP contribution >= 0.6 is 11.6 Å². The topological polar surface area (TPSA) is 29.0 Å². The fourth-order valence-electron chi connectivity index (χ4n) is 3.47. The van der Waals surface area contributed by atoms with E-state index in [4.69, 9.17) is 11.6 Å². The lowest BCUT2D eigenvalue weighted by Crippen LogP contribution is -2.39. The van der Waals surface area contributed by atoms with E-state index in [0.29, 0.717) is 11.1 Å². The molecular weight excluding hydrogens is 246 g/mol. The van der Waals surface area contributed by atoms with Gasteiger partial charge in [0.1, 0.15) is 11.0 Å². The maximum atomic E-state index is 6.10. The molecule has 1 aromatic rings. The van der Waals surface area contributed by atoms with Crippen molar-refractivity contribution in [3.05, 3.63) is 22.7 Å². The van der Waals surface area contributed by atoms with Gasteiger partial charge in [-0.25, -0.2) is 9.97 Å². The minimum absolute atomic E-state index is 0.502. The van der Waals surface area contributed by atoms with Crippen LogP contribution in [0.2, 0.25) is 5.15 Å². The van der Waals surface area contributed by atoms with Gasteiger partial charge in [-0.2, -0.15) is 0 Å². The first-order chi connectivity index (χ1) is 8.67. The van der Waals surface area contributed by atoms with Crippen LogP contribution in [0.4, 0.5) is 0 Å². The van der Waals surface area contributed by atoms with Crippen molar-refractivity contribution < 1.29 is 0 Å². The second kappa shape index (κ2) is 4.78. The second-order valence-corrected chi connectivity index (χ2v) is 6.00. The third-order valence-corrected chi connectivity index (χ3v) is 4.78. The van der Waals surface area contributed by atoms with Gasteiger partial charge in [0.2, 0.25) is 0 Å². The molecule has 2 unspecified atom stereocenters. The first kappa shape index (κ1) is 12.4. The molecule has 0 amide bonds. The van der Waals surface area contributed by atoms with E-state index in [1.807, 2.05) is 6.07 Å². The van der Waals surface area contributed by atoms with Crippen molar-refractivity contribution in [2.45, 2.75) is 57.0 Å². The molecule has 2 saturated heterocycles. The smallest absolute Gasteiger partial charge is 0.133 e. The summed E-state index contributed by atoms with van der Waals surface area (Å²) in [5, 5.41) is 0.600. The Balaban J connectivity index is 1.85. The van der Waals surface area contributed by atoms with E-state index in [1.54, 1.807) is 0 Å². The van der Waals surface area contributed by atoms with Crippen LogP contribution in [-0.4, -0.2) is 34.0 Å². The maximum Gasteiger partial charge on any atom is 0.133 e. The molecule has 98 valence electrons. The molecular formula is C14H20ClN3. The van der Waals surface area contributed by atoms with Gasteiger partial charge in [-0.05, 0) is 45.2 Å². The van der Waals surface area contributed by atoms with Crippen molar-refractivity contribution in [2.24, 2.45) is 0 Å². The summed E-state index contributed by atoms with van der Waals surface area (Å²) in [7, 11) is 2.26. The van der Waals surface area contributed by atoms with Gasteiger partial charge in [0.25, 0.3) is 0 Å². The van der Waals surface area contributed by atoms with Crippen LogP contribution in [0.1, 0.15) is 50.0 Å². The van der Waals surface area contributed by atoms with Crippen molar-refractivity contribution in [2.75, 3.05) is 7.05 Å². The number of aryl methyl sites for hydroxylation is 1. The molecule has 18 heavy (non-hydrogen) atoms. The van der Waals surface area contributed by atoms with Gasteiger partial charge in [-0.3, -0.25) is 0 Å². The first-order valence-electron chi connectivity index (χ1n) is 6.92. The molecule has 0 aromatic carbocycles. The molecule has 3 nitrogen and oxygen atoms in total. The molecule has 2 fully saturated rings. The monoisotopic (exact) mass is 265 g/mol. The molecule has 0 aliphatic carbocycles. The molecule has 0 radical (unpaired) electrons. The van der Waals surface area contributed by atoms with Crippen LogP contribution in [0.15, 0.2) is 6.07 Å². The van der Waals surface area contributed by atoms with Gasteiger partial charge >= 0.3 is 0 Å². The molecule has 2 aliphatic rings. The number of piperidine rings is 1. The normalized spacial score (nSPS) is 31.8. The lowest BCUT2D eigenvalue weighted by atomic mass is 9.90. The lowest BCUT2D eigenvalue weighted by molar-refractivity contribution is 0.159. The Morgan fingerprint density at radius 3 is 2.56 bits per heavy atom. The van der Waals surface area contributed by atoms with Crippen LogP contribution < -0.4 is 0 Å². The minimum Gasteiger partial charge on any atom is -0.300 e. The number of hydrogen-bond acceptors (Lipinski definition) is 3. The van der Waals surface area contributed by atoms with E-state index >= 15 is 0 Å². The van der Waals surface area contributed by atoms with E-state index in [0.717, 1.165) is 30.0 Å². The Hall–Kier alpha value is -0.670. The van der Waals surface area contributed by atoms with Crippen molar-refractivity contribution in [1.29, 1.82) is 0 Å². The van der Waals surface area contributed by atoms with Crippen LogP contribution in [0, 0.1) is 0 Å². The highest BCUT2D eigenvalue weighted by Gasteiger charge is 2.39. The number of nitrogens with zero attached hydrogens (tertiary/aromatic N) is 3. The van der Waals surface area contributed by atoms with Crippen LogP contribution in [0.5, 0.6) is 0 Å². The van der Waals surface area contributed by atoms with Gasteiger partial charge in [0.15, 0.2) is 0 Å². The van der Waals surface area contributed by atoms with Gasteiger partial charge in [0.05, 0.1) is 0 Å².